The molecule has 0 saturated carbocycles. The van der Waals surface area contributed by atoms with Gasteiger partial charge in [0.25, 0.3) is 0 Å². The summed E-state index contributed by atoms with van der Waals surface area (Å²) in [7, 11) is 1.56. The maximum Gasteiger partial charge on any atom is 0.197 e. The molecule has 21 heavy (non-hydrogen) atoms. The highest BCUT2D eigenvalue weighted by atomic mass is 79.9. The molecule has 0 amide bonds. The van der Waals surface area contributed by atoms with E-state index in [4.69, 9.17) is 16.6 Å². The highest BCUT2D eigenvalue weighted by Gasteiger charge is 2.12. The van der Waals surface area contributed by atoms with E-state index in [0.717, 1.165) is 19.3 Å². The molecule has 0 N–H and O–H groups in total. The Balaban J connectivity index is 2.22. The molecule has 0 radical (unpaired) electrons. The molecule has 1 atom stereocenters. The summed E-state index contributed by atoms with van der Waals surface area (Å²) >= 11 is 10.4. The van der Waals surface area contributed by atoms with E-state index < -0.39 is 9.71 Å². The molecule has 2 aromatic rings. The minimum absolute atomic E-state index is 0.625. The van der Waals surface area contributed by atoms with Gasteiger partial charge in [0.2, 0.25) is 0 Å². The smallest absolute Gasteiger partial charge is 0.197 e. The fraction of sp³-hybridized carbons (Fsp3) is 0.385. The van der Waals surface area contributed by atoms with Gasteiger partial charge in [-0.15, -0.1) is 11.3 Å². The Morgan fingerprint density at radius 1 is 1.48 bits per heavy atom. The van der Waals surface area contributed by atoms with Crippen LogP contribution < -0.4 is 4.90 Å². The van der Waals surface area contributed by atoms with E-state index >= 15 is 0 Å². The molecule has 0 bridgehead atoms. The van der Waals surface area contributed by atoms with Crippen molar-refractivity contribution >= 4 is 71.2 Å². The van der Waals surface area contributed by atoms with Gasteiger partial charge in [0.15, 0.2) is 11.5 Å². The van der Waals surface area contributed by atoms with Crippen molar-refractivity contribution in [1.29, 1.82) is 0 Å². The van der Waals surface area contributed by atoms with E-state index in [-0.39, 0.29) is 0 Å². The average Bonchev–Trinajstić information content (AvgIpc) is 2.76. The molecule has 2 aromatic heterocycles. The molecule has 2 rings (SSSR count). The zero-order chi connectivity index (χ0) is 15.8. The molecule has 0 aromatic carbocycles. The number of thiophene rings is 1. The third kappa shape index (κ3) is 3.87. The van der Waals surface area contributed by atoms with E-state index in [1.165, 1.54) is 0 Å². The first-order valence-corrected chi connectivity index (χ1v) is 10.3. The first kappa shape index (κ1) is 17.0. The lowest BCUT2D eigenvalue weighted by molar-refractivity contribution is 0.512. The fourth-order valence-electron chi connectivity index (χ4n) is 1.69. The maximum absolute atomic E-state index is 11.8. The van der Waals surface area contributed by atoms with E-state index in [1.807, 2.05) is 23.4 Å². The van der Waals surface area contributed by atoms with Crippen LogP contribution in [0.4, 0.5) is 5.88 Å². The molecule has 4 nitrogen and oxygen atoms in total. The number of halogens is 1. The Morgan fingerprint density at radius 2 is 2.14 bits per heavy atom. The van der Waals surface area contributed by atoms with Crippen molar-refractivity contribution in [2.75, 3.05) is 38.3 Å². The minimum Gasteiger partial charge on any atom is -0.438 e. The number of nitrogens with zero attached hydrogens (tertiary/aromatic N) is 2. The van der Waals surface area contributed by atoms with Crippen molar-refractivity contribution in [3.63, 3.8) is 0 Å². The summed E-state index contributed by atoms with van der Waals surface area (Å²) in [5.41, 5.74) is 0.777. The normalized spacial score (nSPS) is 14.5. The standard InChI is InChI=1S/C13H17BrN2O2S3/c1-15(5-6-16(2)21(3,4)17)11-7-10(19)13-12(18-11)9(14)8-20-13/h7-8H,3,5-6H2,1-2,4H3. The molecule has 0 fully saturated rings. The number of hydrogen-bond acceptors (Lipinski definition) is 5. The van der Waals surface area contributed by atoms with Crippen LogP contribution in [0.1, 0.15) is 0 Å². The molecule has 0 saturated heterocycles. The number of likely N-dealkylation sites (N-methyl/N-ethyl adjacent to an activating group) is 2. The largest absolute Gasteiger partial charge is 0.438 e. The highest BCUT2D eigenvalue weighted by molar-refractivity contribution is 9.10. The topological polar surface area (TPSA) is 36.7 Å². The lowest BCUT2D eigenvalue weighted by atomic mass is 10.4. The number of rotatable bonds is 5. The van der Waals surface area contributed by atoms with Crippen molar-refractivity contribution < 1.29 is 8.63 Å². The van der Waals surface area contributed by atoms with Crippen LogP contribution in [0.15, 0.2) is 20.3 Å². The molecule has 8 heteroatoms. The van der Waals surface area contributed by atoms with E-state index in [0.29, 0.717) is 19.0 Å². The second-order valence-electron chi connectivity index (χ2n) is 4.92. The number of fused-ring (bicyclic) bond motifs is 1. The Morgan fingerprint density at radius 3 is 2.76 bits per heavy atom. The molecular weight excluding hydrogens is 392 g/mol. The van der Waals surface area contributed by atoms with Crippen molar-refractivity contribution in [2.45, 2.75) is 0 Å². The lowest BCUT2D eigenvalue weighted by Crippen LogP contribution is -2.34. The Bertz CT molecular complexity index is 810. The van der Waals surface area contributed by atoms with Crippen LogP contribution in [-0.2, 0) is 9.71 Å². The Hall–Kier alpha value is -0.410. The van der Waals surface area contributed by atoms with Gasteiger partial charge in [0.1, 0.15) is 0 Å². The summed E-state index contributed by atoms with van der Waals surface area (Å²) in [5.74, 6) is 4.37. The van der Waals surface area contributed by atoms with Crippen molar-refractivity contribution in [3.05, 3.63) is 20.4 Å². The first-order valence-electron chi connectivity index (χ1n) is 6.15. The van der Waals surface area contributed by atoms with E-state index in [9.17, 15) is 4.21 Å². The van der Waals surface area contributed by atoms with Crippen LogP contribution in [0.25, 0.3) is 10.3 Å². The van der Waals surface area contributed by atoms with Crippen molar-refractivity contribution in [3.8, 4) is 0 Å². The molecule has 0 spiro atoms. The zero-order valence-corrected chi connectivity index (χ0v) is 16.1. The quantitative estimate of drug-likeness (QED) is 0.707. The van der Waals surface area contributed by atoms with E-state index in [2.05, 4.69) is 21.8 Å². The van der Waals surface area contributed by atoms with Gasteiger partial charge < -0.3 is 9.32 Å². The molecule has 2 heterocycles. The van der Waals surface area contributed by atoms with Crippen LogP contribution >= 0.6 is 39.5 Å². The Kier molecular flexibility index (Phi) is 5.15. The van der Waals surface area contributed by atoms with Crippen LogP contribution in [0.5, 0.6) is 0 Å². The molecular formula is C13H17BrN2O2S3. The van der Waals surface area contributed by atoms with Crippen molar-refractivity contribution in [1.82, 2.24) is 4.31 Å². The van der Waals surface area contributed by atoms with Crippen molar-refractivity contribution in [2.24, 2.45) is 0 Å². The summed E-state index contributed by atoms with van der Waals surface area (Å²) in [6.45, 7) is 1.29. The summed E-state index contributed by atoms with van der Waals surface area (Å²) in [6.07, 6.45) is 1.63. The van der Waals surface area contributed by atoms with Gasteiger partial charge >= 0.3 is 0 Å². The SMILES string of the molecule is C=S(C)(=O)N(C)CCN(C)c1cc(=S)c2scc(Br)c2o1. The third-order valence-corrected chi connectivity index (χ3v) is 7.01. The minimum atomic E-state index is -2.17. The lowest BCUT2D eigenvalue weighted by Gasteiger charge is -2.23. The van der Waals surface area contributed by atoms with Gasteiger partial charge in [-0.2, -0.15) is 0 Å². The van der Waals surface area contributed by atoms with Gasteiger partial charge in [-0.3, -0.25) is 4.21 Å². The predicted molar refractivity (Wildman–Crippen MR) is 99.7 cm³/mol. The zero-order valence-electron chi connectivity index (χ0n) is 12.1. The molecule has 0 aliphatic heterocycles. The average molecular weight is 409 g/mol. The summed E-state index contributed by atoms with van der Waals surface area (Å²) < 4.78 is 22.1. The summed E-state index contributed by atoms with van der Waals surface area (Å²) in [4.78, 5) is 1.96. The van der Waals surface area contributed by atoms with E-state index in [1.54, 1.807) is 28.9 Å². The molecule has 116 valence electrons. The summed E-state index contributed by atoms with van der Waals surface area (Å²) in [6, 6.07) is 1.86. The Labute approximate surface area is 142 Å². The molecule has 1 unspecified atom stereocenters. The van der Waals surface area contributed by atoms with Gasteiger partial charge in [0.05, 0.1) is 13.7 Å². The summed E-state index contributed by atoms with van der Waals surface area (Å²) in [5, 5.41) is 1.97. The van der Waals surface area contributed by atoms with Gasteiger partial charge in [-0.25, -0.2) is 4.31 Å². The van der Waals surface area contributed by atoms with Crippen LogP contribution in [0.2, 0.25) is 0 Å². The fourth-order valence-corrected chi connectivity index (χ4v) is 3.94. The maximum atomic E-state index is 11.8. The molecule has 0 aliphatic carbocycles. The first-order chi connectivity index (χ1) is 9.70. The molecule has 0 aliphatic rings. The van der Waals surface area contributed by atoms with Crippen LogP contribution in [0.3, 0.4) is 0 Å². The monoisotopic (exact) mass is 408 g/mol. The van der Waals surface area contributed by atoms with Gasteiger partial charge in [-0.1, -0.05) is 12.2 Å². The third-order valence-electron chi connectivity index (χ3n) is 3.17. The highest BCUT2D eigenvalue weighted by Crippen LogP contribution is 2.34. The van der Waals surface area contributed by atoms with Gasteiger partial charge in [-0.05, 0) is 28.8 Å². The van der Waals surface area contributed by atoms with Crippen LogP contribution in [-0.4, -0.2) is 47.8 Å². The second kappa shape index (κ2) is 6.37. The predicted octanol–water partition coefficient (Wildman–Crippen LogP) is 3.62. The number of hydrogen-bond donors (Lipinski definition) is 0. The van der Waals surface area contributed by atoms with Gasteiger partial charge in [0, 0.05) is 47.5 Å². The van der Waals surface area contributed by atoms with Crippen LogP contribution in [0, 0.1) is 4.51 Å². The second-order valence-corrected chi connectivity index (χ2v) is 9.64. The number of anilines is 1.